The molecule has 0 saturated carbocycles. The molecule has 6 nitrogen and oxygen atoms in total. The van der Waals surface area contributed by atoms with E-state index in [4.69, 9.17) is 39.2 Å². The van der Waals surface area contributed by atoms with Crippen LogP contribution >= 0.6 is 46.6 Å². The number of rotatable bonds is 7. The number of aromatic nitrogens is 3. The minimum absolute atomic E-state index is 0.111. The highest BCUT2D eigenvalue weighted by Crippen LogP contribution is 2.30. The Morgan fingerprint density at radius 3 is 2.58 bits per heavy atom. The molecule has 0 fully saturated rings. The number of halogens is 3. The maximum Gasteiger partial charge on any atom is 0.234 e. The Labute approximate surface area is 197 Å². The molecule has 0 bridgehead atoms. The molecule has 2 aromatic heterocycles. The molecule has 0 aliphatic heterocycles. The van der Waals surface area contributed by atoms with E-state index in [1.54, 1.807) is 36.6 Å². The average molecular weight is 494 g/mol. The van der Waals surface area contributed by atoms with Crippen LogP contribution in [0.25, 0.3) is 11.4 Å². The van der Waals surface area contributed by atoms with E-state index in [9.17, 15) is 4.79 Å². The van der Waals surface area contributed by atoms with E-state index in [-0.39, 0.29) is 11.7 Å². The van der Waals surface area contributed by atoms with Crippen LogP contribution in [-0.2, 0) is 11.3 Å². The molecule has 0 saturated heterocycles. The lowest BCUT2D eigenvalue weighted by molar-refractivity contribution is -0.113. The molecule has 1 amide bonds. The number of carbonyl (C=O) groups excluding carboxylic acids is 1. The van der Waals surface area contributed by atoms with E-state index in [1.807, 2.05) is 28.8 Å². The van der Waals surface area contributed by atoms with E-state index in [0.29, 0.717) is 38.3 Å². The molecule has 0 unspecified atom stereocenters. The standard InChI is InChI=1S/C21H15Cl3N4O2S/c22-14-8-6-13(7-9-14)20-26-27-21(28(20)11-15-3-2-10-30-15)31-12-18(29)25-17-5-1-4-16(23)19(17)24/h1-10H,11-12H2,(H,25,29). The molecule has 2 heterocycles. The number of anilines is 1. The molecule has 0 spiro atoms. The lowest BCUT2D eigenvalue weighted by atomic mass is 10.2. The molecule has 4 aromatic rings. The molecule has 2 aromatic carbocycles. The Kier molecular flexibility index (Phi) is 6.87. The summed E-state index contributed by atoms with van der Waals surface area (Å²) >= 11 is 19.4. The van der Waals surface area contributed by atoms with Crippen molar-refractivity contribution in [3.63, 3.8) is 0 Å². The second kappa shape index (κ2) is 9.78. The van der Waals surface area contributed by atoms with Gasteiger partial charge >= 0.3 is 0 Å². The molecule has 0 aliphatic carbocycles. The van der Waals surface area contributed by atoms with Crippen LogP contribution in [0.2, 0.25) is 15.1 Å². The molecule has 10 heteroatoms. The van der Waals surface area contributed by atoms with Gasteiger partial charge in [0.05, 0.1) is 34.3 Å². The van der Waals surface area contributed by atoms with E-state index in [2.05, 4.69) is 15.5 Å². The minimum Gasteiger partial charge on any atom is -0.467 e. The van der Waals surface area contributed by atoms with Crippen LogP contribution in [0.3, 0.4) is 0 Å². The summed E-state index contributed by atoms with van der Waals surface area (Å²) in [4.78, 5) is 12.5. The van der Waals surface area contributed by atoms with Crippen molar-refractivity contribution in [2.45, 2.75) is 11.7 Å². The first-order chi connectivity index (χ1) is 15.0. The smallest absolute Gasteiger partial charge is 0.234 e. The highest BCUT2D eigenvalue weighted by molar-refractivity contribution is 7.99. The maximum absolute atomic E-state index is 12.5. The van der Waals surface area contributed by atoms with Crippen molar-refractivity contribution in [2.75, 3.05) is 11.1 Å². The van der Waals surface area contributed by atoms with Gasteiger partial charge < -0.3 is 9.73 Å². The van der Waals surface area contributed by atoms with Gasteiger partial charge in [0.1, 0.15) is 5.76 Å². The number of benzene rings is 2. The number of furan rings is 1. The van der Waals surface area contributed by atoms with Crippen molar-refractivity contribution >= 4 is 58.2 Å². The maximum atomic E-state index is 12.5. The Balaban J connectivity index is 1.54. The van der Waals surface area contributed by atoms with E-state index in [1.165, 1.54) is 11.8 Å². The Bertz CT molecular complexity index is 1190. The summed E-state index contributed by atoms with van der Waals surface area (Å²) in [6.07, 6.45) is 1.61. The number of carbonyl (C=O) groups is 1. The van der Waals surface area contributed by atoms with E-state index in [0.717, 1.165) is 11.3 Å². The van der Waals surface area contributed by atoms with Crippen LogP contribution in [0.1, 0.15) is 5.76 Å². The van der Waals surface area contributed by atoms with Crippen molar-refractivity contribution in [1.29, 1.82) is 0 Å². The topological polar surface area (TPSA) is 73.0 Å². The summed E-state index contributed by atoms with van der Waals surface area (Å²) < 4.78 is 7.38. The van der Waals surface area contributed by atoms with Gasteiger partial charge in [-0.2, -0.15) is 0 Å². The highest BCUT2D eigenvalue weighted by Gasteiger charge is 2.17. The van der Waals surface area contributed by atoms with Crippen LogP contribution in [-0.4, -0.2) is 26.4 Å². The highest BCUT2D eigenvalue weighted by atomic mass is 35.5. The molecule has 31 heavy (non-hydrogen) atoms. The lowest BCUT2D eigenvalue weighted by Crippen LogP contribution is -2.15. The first-order valence-electron chi connectivity index (χ1n) is 9.09. The van der Waals surface area contributed by atoms with Gasteiger partial charge in [0.15, 0.2) is 11.0 Å². The summed E-state index contributed by atoms with van der Waals surface area (Å²) in [6.45, 7) is 0.419. The minimum atomic E-state index is -0.241. The van der Waals surface area contributed by atoms with Gasteiger partial charge in [0.2, 0.25) is 5.91 Å². The summed E-state index contributed by atoms with van der Waals surface area (Å²) in [7, 11) is 0. The third kappa shape index (κ3) is 5.25. The summed E-state index contributed by atoms with van der Waals surface area (Å²) in [5.74, 6) is 1.26. The van der Waals surface area contributed by atoms with Crippen LogP contribution in [0.15, 0.2) is 70.4 Å². The summed E-state index contributed by atoms with van der Waals surface area (Å²) in [5.41, 5.74) is 1.31. The fourth-order valence-electron chi connectivity index (χ4n) is 2.83. The van der Waals surface area contributed by atoms with Gasteiger partial charge in [0, 0.05) is 10.6 Å². The Hall–Kier alpha value is -2.45. The third-order valence-corrected chi connectivity index (χ3v) is 6.31. The van der Waals surface area contributed by atoms with Crippen molar-refractivity contribution in [1.82, 2.24) is 14.8 Å². The van der Waals surface area contributed by atoms with E-state index < -0.39 is 0 Å². The first-order valence-corrected chi connectivity index (χ1v) is 11.2. The Morgan fingerprint density at radius 1 is 1.03 bits per heavy atom. The van der Waals surface area contributed by atoms with Crippen LogP contribution < -0.4 is 5.32 Å². The zero-order valence-electron chi connectivity index (χ0n) is 15.9. The number of nitrogens with one attached hydrogen (secondary N) is 1. The SMILES string of the molecule is O=C(CSc1nnc(-c2ccc(Cl)cc2)n1Cc1ccco1)Nc1cccc(Cl)c1Cl. The molecule has 0 aliphatic rings. The van der Waals surface area contributed by atoms with Crippen molar-refractivity contribution in [3.05, 3.63) is 81.7 Å². The van der Waals surface area contributed by atoms with Crippen molar-refractivity contribution in [3.8, 4) is 11.4 Å². The fraction of sp³-hybridized carbons (Fsp3) is 0.0952. The molecule has 0 atom stereocenters. The number of nitrogens with zero attached hydrogens (tertiary/aromatic N) is 3. The van der Waals surface area contributed by atoms with Gasteiger partial charge in [-0.05, 0) is 48.5 Å². The predicted molar refractivity (Wildman–Crippen MR) is 124 cm³/mol. The lowest BCUT2D eigenvalue weighted by Gasteiger charge is -2.10. The van der Waals surface area contributed by atoms with Crippen LogP contribution in [0.5, 0.6) is 0 Å². The second-order valence-electron chi connectivity index (χ2n) is 6.42. The van der Waals surface area contributed by atoms with Crippen LogP contribution in [0.4, 0.5) is 5.69 Å². The van der Waals surface area contributed by atoms with Gasteiger partial charge in [-0.15, -0.1) is 10.2 Å². The predicted octanol–water partition coefficient (Wildman–Crippen LogP) is 6.28. The number of amides is 1. The molecular formula is C21H15Cl3N4O2S. The average Bonchev–Trinajstić information content (AvgIpc) is 3.41. The third-order valence-electron chi connectivity index (χ3n) is 4.27. The van der Waals surface area contributed by atoms with Gasteiger partial charge in [-0.3, -0.25) is 9.36 Å². The quantitative estimate of drug-likeness (QED) is 0.307. The van der Waals surface area contributed by atoms with Crippen LogP contribution in [0, 0.1) is 0 Å². The molecular weight excluding hydrogens is 479 g/mol. The number of thioether (sulfide) groups is 1. The fourth-order valence-corrected chi connectivity index (χ4v) is 4.04. The molecule has 158 valence electrons. The monoisotopic (exact) mass is 492 g/mol. The summed E-state index contributed by atoms with van der Waals surface area (Å²) in [6, 6.07) is 16.1. The van der Waals surface area contributed by atoms with Gasteiger partial charge in [-0.1, -0.05) is 52.6 Å². The zero-order valence-corrected chi connectivity index (χ0v) is 19.0. The van der Waals surface area contributed by atoms with Crippen molar-refractivity contribution in [2.24, 2.45) is 0 Å². The molecule has 1 N–H and O–H groups in total. The largest absolute Gasteiger partial charge is 0.467 e. The van der Waals surface area contributed by atoms with Crippen molar-refractivity contribution < 1.29 is 9.21 Å². The Morgan fingerprint density at radius 2 is 1.84 bits per heavy atom. The molecule has 4 rings (SSSR count). The zero-order chi connectivity index (χ0) is 21.8. The summed E-state index contributed by atoms with van der Waals surface area (Å²) in [5, 5.41) is 13.2. The van der Waals surface area contributed by atoms with Gasteiger partial charge in [0.25, 0.3) is 0 Å². The second-order valence-corrected chi connectivity index (χ2v) is 8.58. The molecule has 0 radical (unpaired) electrons. The number of hydrogen-bond donors (Lipinski definition) is 1. The van der Waals surface area contributed by atoms with Gasteiger partial charge in [-0.25, -0.2) is 0 Å². The normalized spacial score (nSPS) is 10.9. The number of hydrogen-bond acceptors (Lipinski definition) is 5. The first kappa shape index (κ1) is 21.8. The van der Waals surface area contributed by atoms with E-state index >= 15 is 0 Å².